The Morgan fingerprint density at radius 1 is 0.939 bits per heavy atom. The zero-order chi connectivity index (χ0) is 22.8. The van der Waals surface area contributed by atoms with E-state index in [1.807, 2.05) is 47.4 Å². The highest BCUT2D eigenvalue weighted by Crippen LogP contribution is 2.33. The van der Waals surface area contributed by atoms with Crippen LogP contribution in [-0.4, -0.2) is 28.6 Å². The summed E-state index contributed by atoms with van der Waals surface area (Å²) in [6, 6.07) is 24.5. The lowest BCUT2D eigenvalue weighted by molar-refractivity contribution is -0.117. The molecule has 0 bridgehead atoms. The van der Waals surface area contributed by atoms with E-state index in [1.165, 1.54) is 11.1 Å². The van der Waals surface area contributed by atoms with Gasteiger partial charge in [0.15, 0.2) is 0 Å². The summed E-state index contributed by atoms with van der Waals surface area (Å²) in [5.41, 5.74) is 5.47. The predicted octanol–water partition coefficient (Wildman–Crippen LogP) is 5.64. The lowest BCUT2D eigenvalue weighted by Gasteiger charge is -2.18. The van der Waals surface area contributed by atoms with Crippen LogP contribution < -0.4 is 9.64 Å². The van der Waals surface area contributed by atoms with E-state index in [-0.39, 0.29) is 11.8 Å². The van der Waals surface area contributed by atoms with Crippen LogP contribution in [0, 0.1) is 13.8 Å². The van der Waals surface area contributed by atoms with E-state index >= 15 is 0 Å². The molecule has 0 radical (unpaired) electrons. The molecular weight excluding hydrogens is 410 g/mol. The van der Waals surface area contributed by atoms with Gasteiger partial charge in [0.25, 0.3) is 0 Å². The second-order valence-electron chi connectivity index (χ2n) is 8.87. The van der Waals surface area contributed by atoms with Gasteiger partial charge in [-0.15, -0.1) is 0 Å². The minimum Gasteiger partial charge on any atom is -0.494 e. The minimum absolute atomic E-state index is 0.0734. The number of ether oxygens (including phenoxy) is 1. The number of aromatic nitrogens is 2. The summed E-state index contributed by atoms with van der Waals surface area (Å²) in [6.07, 6.45) is 1.35. The van der Waals surface area contributed by atoms with Gasteiger partial charge in [-0.1, -0.05) is 47.5 Å². The molecule has 1 amide bonds. The van der Waals surface area contributed by atoms with Crippen molar-refractivity contribution >= 4 is 22.6 Å². The first-order chi connectivity index (χ1) is 16.1. The molecule has 0 saturated carbocycles. The number of benzene rings is 3. The summed E-state index contributed by atoms with van der Waals surface area (Å²) in [7, 11) is 0. The summed E-state index contributed by atoms with van der Waals surface area (Å²) in [5.74, 6) is 2.12. The Morgan fingerprint density at radius 3 is 2.39 bits per heavy atom. The molecule has 2 heterocycles. The highest BCUT2D eigenvalue weighted by atomic mass is 16.5. The number of para-hydroxylation sites is 2. The molecule has 0 aliphatic carbocycles. The molecule has 3 aromatic carbocycles. The van der Waals surface area contributed by atoms with Gasteiger partial charge in [0.1, 0.15) is 11.6 Å². The van der Waals surface area contributed by atoms with Crippen molar-refractivity contribution in [3.05, 3.63) is 89.7 Å². The molecule has 5 rings (SSSR count). The second kappa shape index (κ2) is 9.10. The van der Waals surface area contributed by atoms with Gasteiger partial charge in [-0.3, -0.25) is 4.79 Å². The number of nitrogens with zero attached hydrogens (tertiary/aromatic N) is 3. The Hall–Kier alpha value is -3.60. The SMILES string of the molecule is Cc1ccc(OCCCn2c([C@@H]3CC(=O)N(c4ccc(C)cc4)C3)nc3ccccc32)cc1. The molecule has 0 unspecified atom stereocenters. The zero-order valence-electron chi connectivity index (χ0n) is 19.2. The topological polar surface area (TPSA) is 47.4 Å². The first-order valence-electron chi connectivity index (χ1n) is 11.6. The van der Waals surface area contributed by atoms with Crippen LogP contribution in [0.15, 0.2) is 72.8 Å². The Bertz CT molecular complexity index is 1260. The maximum Gasteiger partial charge on any atom is 0.227 e. The van der Waals surface area contributed by atoms with Gasteiger partial charge in [-0.25, -0.2) is 4.98 Å². The van der Waals surface area contributed by atoms with Crippen LogP contribution in [0.1, 0.15) is 35.7 Å². The first-order valence-corrected chi connectivity index (χ1v) is 11.6. The van der Waals surface area contributed by atoms with E-state index in [2.05, 4.69) is 48.7 Å². The Balaban J connectivity index is 1.34. The van der Waals surface area contributed by atoms with Crippen molar-refractivity contribution in [2.45, 2.75) is 39.2 Å². The van der Waals surface area contributed by atoms with Gasteiger partial charge in [0, 0.05) is 31.1 Å². The Morgan fingerprint density at radius 2 is 1.64 bits per heavy atom. The number of imidazole rings is 1. The van der Waals surface area contributed by atoms with Crippen LogP contribution in [0.2, 0.25) is 0 Å². The normalized spacial score (nSPS) is 16.0. The maximum atomic E-state index is 12.9. The van der Waals surface area contributed by atoms with Crippen molar-refractivity contribution in [1.82, 2.24) is 9.55 Å². The molecule has 0 N–H and O–H groups in total. The highest BCUT2D eigenvalue weighted by Gasteiger charge is 2.34. The van der Waals surface area contributed by atoms with E-state index in [4.69, 9.17) is 9.72 Å². The molecule has 5 heteroatoms. The molecule has 1 aliphatic rings. The smallest absolute Gasteiger partial charge is 0.227 e. The number of hydrogen-bond donors (Lipinski definition) is 0. The molecule has 1 atom stereocenters. The van der Waals surface area contributed by atoms with Crippen molar-refractivity contribution in [3.63, 3.8) is 0 Å². The number of amides is 1. The molecule has 1 saturated heterocycles. The molecule has 33 heavy (non-hydrogen) atoms. The molecule has 1 aliphatic heterocycles. The molecule has 1 fully saturated rings. The number of aryl methyl sites for hydroxylation is 3. The third-order valence-electron chi connectivity index (χ3n) is 6.34. The third-order valence-corrected chi connectivity index (χ3v) is 6.34. The fourth-order valence-corrected chi connectivity index (χ4v) is 4.54. The monoisotopic (exact) mass is 439 g/mol. The van der Waals surface area contributed by atoms with E-state index in [0.717, 1.165) is 41.3 Å². The fourth-order valence-electron chi connectivity index (χ4n) is 4.54. The Kier molecular flexibility index (Phi) is 5.86. The molecule has 5 nitrogen and oxygen atoms in total. The summed E-state index contributed by atoms with van der Waals surface area (Å²) in [6.45, 7) is 6.22. The van der Waals surface area contributed by atoms with Crippen LogP contribution in [0.4, 0.5) is 5.69 Å². The molecule has 168 valence electrons. The van der Waals surface area contributed by atoms with Crippen LogP contribution in [0.3, 0.4) is 0 Å². The highest BCUT2D eigenvalue weighted by molar-refractivity contribution is 5.96. The number of anilines is 1. The maximum absolute atomic E-state index is 12.9. The quantitative estimate of drug-likeness (QED) is 0.350. The van der Waals surface area contributed by atoms with Crippen LogP contribution in [-0.2, 0) is 11.3 Å². The standard InChI is InChI=1S/C28H29N3O2/c1-20-8-12-23(13-9-20)31-19-22(18-27(31)32)28-29-25-6-3-4-7-26(25)30(28)16-5-17-33-24-14-10-21(2)11-15-24/h3-4,6-15,22H,5,16-19H2,1-2H3/t22-/m1/s1. The number of carbonyl (C=O) groups excluding carboxylic acids is 1. The number of hydrogen-bond acceptors (Lipinski definition) is 3. The summed E-state index contributed by atoms with van der Waals surface area (Å²) >= 11 is 0. The molecule has 4 aromatic rings. The van der Waals surface area contributed by atoms with E-state index in [0.29, 0.717) is 19.6 Å². The van der Waals surface area contributed by atoms with Crippen LogP contribution in [0.5, 0.6) is 5.75 Å². The summed E-state index contributed by atoms with van der Waals surface area (Å²) in [5, 5.41) is 0. The van der Waals surface area contributed by atoms with Gasteiger partial charge in [-0.2, -0.15) is 0 Å². The van der Waals surface area contributed by atoms with E-state index in [1.54, 1.807) is 0 Å². The van der Waals surface area contributed by atoms with Gasteiger partial charge in [-0.05, 0) is 56.7 Å². The third kappa shape index (κ3) is 4.49. The Labute approximate surface area is 194 Å². The van der Waals surface area contributed by atoms with Gasteiger partial charge in [0.05, 0.1) is 17.6 Å². The van der Waals surface area contributed by atoms with Crippen LogP contribution in [0.25, 0.3) is 11.0 Å². The second-order valence-corrected chi connectivity index (χ2v) is 8.87. The number of carbonyl (C=O) groups is 1. The average Bonchev–Trinajstić information content (AvgIpc) is 3.39. The summed E-state index contributed by atoms with van der Waals surface area (Å²) < 4.78 is 8.22. The predicted molar refractivity (Wildman–Crippen MR) is 132 cm³/mol. The summed E-state index contributed by atoms with van der Waals surface area (Å²) in [4.78, 5) is 19.7. The van der Waals surface area contributed by atoms with E-state index < -0.39 is 0 Å². The van der Waals surface area contributed by atoms with Gasteiger partial charge in [0.2, 0.25) is 5.91 Å². The lowest BCUT2D eigenvalue weighted by atomic mass is 10.1. The zero-order valence-corrected chi connectivity index (χ0v) is 19.2. The first kappa shape index (κ1) is 21.3. The molecule has 1 aromatic heterocycles. The largest absolute Gasteiger partial charge is 0.494 e. The number of fused-ring (bicyclic) bond motifs is 1. The molecule has 0 spiro atoms. The number of rotatable bonds is 7. The van der Waals surface area contributed by atoms with Crippen molar-refractivity contribution in [3.8, 4) is 5.75 Å². The molecular formula is C28H29N3O2. The van der Waals surface area contributed by atoms with Crippen molar-refractivity contribution in [2.24, 2.45) is 0 Å². The van der Waals surface area contributed by atoms with Gasteiger partial charge >= 0.3 is 0 Å². The lowest BCUT2D eigenvalue weighted by Crippen LogP contribution is -2.24. The average molecular weight is 440 g/mol. The minimum atomic E-state index is 0.0734. The van der Waals surface area contributed by atoms with E-state index in [9.17, 15) is 4.79 Å². The fraction of sp³-hybridized carbons (Fsp3) is 0.286. The van der Waals surface area contributed by atoms with Gasteiger partial charge < -0.3 is 14.2 Å². The van der Waals surface area contributed by atoms with Crippen molar-refractivity contribution in [2.75, 3.05) is 18.1 Å². The van der Waals surface area contributed by atoms with Crippen molar-refractivity contribution < 1.29 is 9.53 Å². The van der Waals surface area contributed by atoms with Crippen LogP contribution >= 0.6 is 0 Å². The van der Waals surface area contributed by atoms with Crippen molar-refractivity contribution in [1.29, 1.82) is 0 Å².